The maximum Gasteiger partial charge on any atom is 0.236 e. The molecule has 1 heterocycles. The molecular weight excluding hydrogens is 242 g/mol. The van der Waals surface area contributed by atoms with Crippen molar-refractivity contribution < 1.29 is 14.7 Å². The molecule has 0 aromatic carbocycles. The summed E-state index contributed by atoms with van der Waals surface area (Å²) in [5, 5.41) is 9.82. The summed E-state index contributed by atoms with van der Waals surface area (Å²) in [6, 6.07) is 0. The summed E-state index contributed by atoms with van der Waals surface area (Å²) in [5.74, 6) is -0.0196. The highest BCUT2D eigenvalue weighted by atomic mass is 16.3. The second-order valence-electron chi connectivity index (χ2n) is 6.64. The number of aliphatic hydroxyl groups excluding tert-OH is 1. The Morgan fingerprint density at radius 3 is 2.11 bits per heavy atom. The second kappa shape index (κ2) is 4.58. The summed E-state index contributed by atoms with van der Waals surface area (Å²) in [5.41, 5.74) is -0.991. The number of carbonyl (C=O) groups is 2. The van der Waals surface area contributed by atoms with Gasteiger partial charge < -0.3 is 5.11 Å². The van der Waals surface area contributed by atoms with Crippen LogP contribution in [0.1, 0.15) is 64.2 Å². The van der Waals surface area contributed by atoms with E-state index in [4.69, 9.17) is 0 Å². The lowest BCUT2D eigenvalue weighted by atomic mass is 9.80. The number of hydrogen-bond acceptors (Lipinski definition) is 3. The second-order valence-corrected chi connectivity index (χ2v) is 6.64. The summed E-state index contributed by atoms with van der Waals surface area (Å²) in [6.07, 6.45) is 8.91. The molecule has 1 aliphatic heterocycles. The topological polar surface area (TPSA) is 57.6 Å². The molecule has 0 bridgehead atoms. The van der Waals surface area contributed by atoms with Crippen LogP contribution in [0.4, 0.5) is 0 Å². The van der Waals surface area contributed by atoms with Gasteiger partial charge in [0.1, 0.15) is 0 Å². The number of amides is 2. The Morgan fingerprint density at radius 2 is 1.53 bits per heavy atom. The molecule has 4 heteroatoms. The maximum atomic E-state index is 12.8. The van der Waals surface area contributed by atoms with E-state index in [1.807, 2.05) is 0 Å². The monoisotopic (exact) mass is 265 g/mol. The van der Waals surface area contributed by atoms with Gasteiger partial charge in [-0.3, -0.25) is 14.5 Å². The van der Waals surface area contributed by atoms with Crippen LogP contribution in [-0.4, -0.2) is 34.0 Å². The van der Waals surface area contributed by atoms with E-state index in [2.05, 4.69) is 0 Å². The largest absolute Gasteiger partial charge is 0.394 e. The molecule has 19 heavy (non-hydrogen) atoms. The van der Waals surface area contributed by atoms with Crippen LogP contribution < -0.4 is 0 Å². The molecule has 2 amide bonds. The molecule has 106 valence electrons. The lowest BCUT2D eigenvalue weighted by Gasteiger charge is -2.42. The van der Waals surface area contributed by atoms with Crippen molar-refractivity contribution in [2.75, 3.05) is 6.61 Å². The molecule has 1 N–H and O–H groups in total. The predicted molar refractivity (Wildman–Crippen MR) is 70.3 cm³/mol. The zero-order valence-electron chi connectivity index (χ0n) is 11.5. The highest BCUT2D eigenvalue weighted by Gasteiger charge is 2.58. The number of imide groups is 1. The van der Waals surface area contributed by atoms with Crippen molar-refractivity contribution in [2.45, 2.75) is 69.7 Å². The van der Waals surface area contributed by atoms with E-state index in [0.717, 1.165) is 57.8 Å². The third kappa shape index (κ3) is 1.83. The molecule has 1 saturated heterocycles. The van der Waals surface area contributed by atoms with Gasteiger partial charge in [0.05, 0.1) is 17.6 Å². The van der Waals surface area contributed by atoms with Crippen LogP contribution in [-0.2, 0) is 9.59 Å². The molecule has 0 radical (unpaired) electrons. The van der Waals surface area contributed by atoms with Gasteiger partial charge in [-0.2, -0.15) is 0 Å². The Kier molecular flexibility index (Phi) is 3.16. The van der Waals surface area contributed by atoms with Crippen molar-refractivity contribution in [3.05, 3.63) is 0 Å². The fourth-order valence-corrected chi connectivity index (χ4v) is 4.38. The number of likely N-dealkylation sites (tertiary alicyclic amines) is 1. The Balaban J connectivity index is 1.91. The van der Waals surface area contributed by atoms with Gasteiger partial charge in [0.25, 0.3) is 0 Å². The van der Waals surface area contributed by atoms with E-state index in [9.17, 15) is 14.7 Å². The number of carbonyl (C=O) groups excluding carboxylic acids is 2. The average molecular weight is 265 g/mol. The molecule has 0 atom stereocenters. The fourth-order valence-electron chi connectivity index (χ4n) is 4.38. The Labute approximate surface area is 114 Å². The van der Waals surface area contributed by atoms with Crippen LogP contribution in [0.2, 0.25) is 0 Å². The molecule has 3 aliphatic rings. The molecule has 2 saturated carbocycles. The average Bonchev–Trinajstić information content (AvgIpc) is 2.98. The van der Waals surface area contributed by atoms with E-state index >= 15 is 0 Å². The van der Waals surface area contributed by atoms with Crippen LogP contribution in [0.15, 0.2) is 0 Å². The Hall–Kier alpha value is -0.900. The minimum absolute atomic E-state index is 0.0194. The zero-order valence-corrected chi connectivity index (χ0v) is 11.5. The first-order valence-corrected chi connectivity index (χ1v) is 7.62. The highest BCUT2D eigenvalue weighted by Crippen LogP contribution is 2.50. The summed E-state index contributed by atoms with van der Waals surface area (Å²) < 4.78 is 0. The van der Waals surface area contributed by atoms with Gasteiger partial charge in [-0.15, -0.1) is 0 Å². The normalized spacial score (nSPS) is 29.4. The van der Waals surface area contributed by atoms with Crippen molar-refractivity contribution in [2.24, 2.45) is 5.41 Å². The summed E-state index contributed by atoms with van der Waals surface area (Å²) >= 11 is 0. The third-order valence-corrected chi connectivity index (χ3v) is 5.51. The number of rotatable bonds is 2. The van der Waals surface area contributed by atoms with Gasteiger partial charge in [0.2, 0.25) is 11.8 Å². The number of aliphatic hydroxyl groups is 1. The van der Waals surface area contributed by atoms with Crippen LogP contribution in [0.3, 0.4) is 0 Å². The van der Waals surface area contributed by atoms with Crippen LogP contribution in [0.5, 0.6) is 0 Å². The number of nitrogens with zero attached hydrogens (tertiary/aromatic N) is 1. The van der Waals surface area contributed by atoms with Crippen LogP contribution >= 0.6 is 0 Å². The molecule has 3 fully saturated rings. The van der Waals surface area contributed by atoms with Crippen LogP contribution in [0, 0.1) is 5.41 Å². The predicted octanol–water partition coefficient (Wildman–Crippen LogP) is 2.00. The van der Waals surface area contributed by atoms with Gasteiger partial charge >= 0.3 is 0 Å². The van der Waals surface area contributed by atoms with E-state index in [1.165, 1.54) is 4.90 Å². The molecule has 2 aliphatic carbocycles. The van der Waals surface area contributed by atoms with E-state index in [0.29, 0.717) is 6.42 Å². The molecule has 0 aromatic heterocycles. The van der Waals surface area contributed by atoms with E-state index < -0.39 is 11.0 Å². The molecule has 4 nitrogen and oxygen atoms in total. The van der Waals surface area contributed by atoms with Crippen molar-refractivity contribution in [1.82, 2.24) is 4.90 Å². The third-order valence-electron chi connectivity index (χ3n) is 5.51. The smallest absolute Gasteiger partial charge is 0.236 e. The molecule has 1 spiro atoms. The van der Waals surface area contributed by atoms with Gasteiger partial charge in [0.15, 0.2) is 0 Å². The van der Waals surface area contributed by atoms with Gasteiger partial charge in [0, 0.05) is 6.42 Å². The first kappa shape index (κ1) is 13.1. The lowest BCUT2D eigenvalue weighted by molar-refractivity contribution is -0.152. The van der Waals surface area contributed by atoms with Crippen molar-refractivity contribution >= 4 is 11.8 Å². The first-order chi connectivity index (χ1) is 9.14. The minimum Gasteiger partial charge on any atom is -0.394 e. The van der Waals surface area contributed by atoms with Gasteiger partial charge in [-0.25, -0.2) is 0 Å². The number of hydrogen-bond donors (Lipinski definition) is 1. The van der Waals surface area contributed by atoms with Gasteiger partial charge in [-0.1, -0.05) is 32.1 Å². The molecule has 0 aromatic rings. The van der Waals surface area contributed by atoms with Crippen molar-refractivity contribution in [3.8, 4) is 0 Å². The lowest BCUT2D eigenvalue weighted by Crippen LogP contribution is -2.56. The summed E-state index contributed by atoms with van der Waals surface area (Å²) in [7, 11) is 0. The molecule has 0 unspecified atom stereocenters. The maximum absolute atomic E-state index is 12.8. The highest BCUT2D eigenvalue weighted by molar-refractivity contribution is 6.06. The van der Waals surface area contributed by atoms with Crippen molar-refractivity contribution in [1.29, 1.82) is 0 Å². The van der Waals surface area contributed by atoms with Crippen molar-refractivity contribution in [3.63, 3.8) is 0 Å². The zero-order chi connectivity index (χ0) is 13.5. The standard InChI is InChI=1S/C15H23NO3/c17-11-15(8-2-1-3-9-15)16-12(18)10-14(13(16)19)6-4-5-7-14/h17H,1-11H2. The Morgan fingerprint density at radius 1 is 0.947 bits per heavy atom. The SMILES string of the molecule is O=C1CC2(CCCC2)C(=O)N1C1(CO)CCCCC1. The quantitative estimate of drug-likeness (QED) is 0.777. The molecular formula is C15H23NO3. The van der Waals surface area contributed by atoms with E-state index in [-0.39, 0.29) is 18.4 Å². The minimum atomic E-state index is -0.585. The Bertz CT molecular complexity index is 392. The van der Waals surface area contributed by atoms with E-state index in [1.54, 1.807) is 0 Å². The summed E-state index contributed by atoms with van der Waals surface area (Å²) in [6.45, 7) is -0.0689. The fraction of sp³-hybridized carbons (Fsp3) is 0.867. The van der Waals surface area contributed by atoms with Crippen LogP contribution in [0.25, 0.3) is 0 Å². The summed E-state index contributed by atoms with van der Waals surface area (Å²) in [4.78, 5) is 26.7. The first-order valence-electron chi connectivity index (χ1n) is 7.62. The molecule has 3 rings (SSSR count). The van der Waals surface area contributed by atoms with Gasteiger partial charge in [-0.05, 0) is 25.7 Å².